The summed E-state index contributed by atoms with van der Waals surface area (Å²) in [6, 6.07) is 5.21. The number of benzene rings is 1. The minimum absolute atomic E-state index is 0.0271. The fourth-order valence-corrected chi connectivity index (χ4v) is 9.48. The summed E-state index contributed by atoms with van der Waals surface area (Å²) in [5, 5.41) is 40.3. The lowest BCUT2D eigenvalue weighted by molar-refractivity contribution is -0.150. The van der Waals surface area contributed by atoms with Gasteiger partial charge in [-0.1, -0.05) is 78.9 Å². The van der Waals surface area contributed by atoms with E-state index in [2.05, 4.69) is 48.1 Å². The highest BCUT2D eigenvalue weighted by molar-refractivity contribution is 7.09. The molecular formula is C48H79N7O9S. The molecule has 1 aliphatic heterocycles. The van der Waals surface area contributed by atoms with E-state index >= 15 is 0 Å². The van der Waals surface area contributed by atoms with Crippen LogP contribution in [0.4, 0.5) is 5.69 Å². The number of piperidine rings is 1. The molecule has 65 heavy (non-hydrogen) atoms. The van der Waals surface area contributed by atoms with Crippen LogP contribution in [0.2, 0.25) is 0 Å². The van der Waals surface area contributed by atoms with Gasteiger partial charge >= 0.3 is 11.9 Å². The molecule has 3 rings (SSSR count). The Labute approximate surface area is 391 Å². The van der Waals surface area contributed by atoms with Gasteiger partial charge in [0.25, 0.3) is 5.91 Å². The maximum atomic E-state index is 14.0. The van der Waals surface area contributed by atoms with Gasteiger partial charge < -0.3 is 41.3 Å². The molecule has 3 amide bonds. The van der Waals surface area contributed by atoms with Gasteiger partial charge in [0.2, 0.25) is 11.8 Å². The number of aliphatic carboxylic acids is 1. The van der Waals surface area contributed by atoms with Crippen molar-refractivity contribution in [2.24, 2.45) is 23.0 Å². The lowest BCUT2D eigenvalue weighted by Gasteiger charge is -2.44. The first-order valence-corrected chi connectivity index (χ1v) is 24.5. The third-order valence-corrected chi connectivity index (χ3v) is 13.7. The van der Waals surface area contributed by atoms with Gasteiger partial charge in [-0.2, -0.15) is 0 Å². The predicted molar refractivity (Wildman–Crippen MR) is 254 cm³/mol. The van der Waals surface area contributed by atoms with E-state index in [1.807, 2.05) is 14.0 Å². The normalized spacial score (nSPS) is 17.5. The smallest absolute Gasteiger partial charge is 0.309 e. The molecule has 1 fully saturated rings. The molecule has 1 aromatic heterocycles. The van der Waals surface area contributed by atoms with Gasteiger partial charge in [0.1, 0.15) is 16.9 Å². The van der Waals surface area contributed by atoms with E-state index in [4.69, 9.17) is 15.5 Å². The molecular weight excluding hydrogens is 851 g/mol. The third-order valence-electron chi connectivity index (χ3n) is 12.8. The minimum Gasteiger partial charge on any atom is -0.481 e. The SMILES string of the molecule is CCCCCCN(C(O)[C@@H](NC(=O)[C@H]1CCCCN1C)[C@@H](C)CC)[C@H](C[C@@H](OC(C)=O)c1nc(C(=O)N[C@@H](Cc2ccc(N(CCO)C(=O)CN)cc2)CC(C)(C)C(=O)O)cs1)C(C)C. The molecule has 0 spiro atoms. The number of nitrogens with two attached hydrogens (primary N) is 1. The summed E-state index contributed by atoms with van der Waals surface area (Å²) >= 11 is 1.18. The van der Waals surface area contributed by atoms with Crippen LogP contribution in [-0.4, -0.2) is 130 Å². The molecule has 2 aromatic rings. The van der Waals surface area contributed by atoms with Crippen molar-refractivity contribution in [1.29, 1.82) is 0 Å². The van der Waals surface area contributed by atoms with Crippen molar-refractivity contribution in [3.05, 3.63) is 45.9 Å². The highest BCUT2D eigenvalue weighted by atomic mass is 32.1. The number of aromatic nitrogens is 1. The monoisotopic (exact) mass is 930 g/mol. The largest absolute Gasteiger partial charge is 0.481 e. The van der Waals surface area contributed by atoms with Crippen molar-refractivity contribution in [1.82, 2.24) is 25.4 Å². The fourth-order valence-electron chi connectivity index (χ4n) is 8.64. The number of nitrogens with zero attached hydrogens (tertiary/aromatic N) is 4. The van der Waals surface area contributed by atoms with Crippen LogP contribution in [-0.2, 0) is 30.3 Å². The van der Waals surface area contributed by atoms with Crippen LogP contribution in [0, 0.1) is 17.3 Å². The molecule has 17 heteroatoms. The van der Waals surface area contributed by atoms with Gasteiger partial charge in [-0.3, -0.25) is 33.8 Å². The molecule has 0 saturated carbocycles. The number of hydrogen-bond acceptors (Lipinski definition) is 13. The highest BCUT2D eigenvalue weighted by Crippen LogP contribution is 2.33. The zero-order valence-corrected chi connectivity index (χ0v) is 41.2. The third kappa shape index (κ3) is 16.7. The molecule has 0 radical (unpaired) electrons. The number of ether oxygens (including phenoxy) is 1. The Kier molecular flexibility index (Phi) is 23.0. The number of nitrogens with one attached hydrogen (secondary N) is 2. The Morgan fingerprint density at radius 3 is 2.29 bits per heavy atom. The van der Waals surface area contributed by atoms with Crippen LogP contribution in [0.5, 0.6) is 0 Å². The maximum absolute atomic E-state index is 14.0. The predicted octanol–water partition coefficient (Wildman–Crippen LogP) is 5.50. The van der Waals surface area contributed by atoms with E-state index in [1.165, 1.54) is 23.2 Å². The number of likely N-dealkylation sites (N-methyl/N-ethyl adjacent to an activating group) is 1. The Bertz CT molecular complexity index is 1810. The van der Waals surface area contributed by atoms with Crippen molar-refractivity contribution < 1.29 is 44.0 Å². The second kappa shape index (κ2) is 27.0. The number of amides is 3. The van der Waals surface area contributed by atoms with Crippen LogP contribution in [0.25, 0.3) is 0 Å². The molecule has 7 N–H and O–H groups in total. The zero-order valence-electron chi connectivity index (χ0n) is 40.4. The number of unbranched alkanes of at least 4 members (excludes halogenated alkanes) is 3. The number of anilines is 1. The van der Waals surface area contributed by atoms with E-state index in [1.54, 1.807) is 43.5 Å². The van der Waals surface area contributed by atoms with Crippen LogP contribution in [0.3, 0.4) is 0 Å². The Morgan fingerprint density at radius 2 is 1.72 bits per heavy atom. The van der Waals surface area contributed by atoms with Crippen molar-refractivity contribution in [2.45, 2.75) is 163 Å². The van der Waals surface area contributed by atoms with Crippen molar-refractivity contribution in [3.8, 4) is 0 Å². The molecule has 1 unspecified atom stereocenters. The molecule has 366 valence electrons. The summed E-state index contributed by atoms with van der Waals surface area (Å²) in [5.74, 6) is -2.58. The maximum Gasteiger partial charge on any atom is 0.309 e. The molecule has 7 atom stereocenters. The van der Waals surface area contributed by atoms with Crippen LogP contribution in [0.1, 0.15) is 147 Å². The molecule has 1 aromatic carbocycles. The Balaban J connectivity index is 1.95. The van der Waals surface area contributed by atoms with E-state index in [0.29, 0.717) is 17.2 Å². The number of carboxylic acids is 1. The Morgan fingerprint density at radius 1 is 1.03 bits per heavy atom. The average molecular weight is 930 g/mol. The van der Waals surface area contributed by atoms with Crippen molar-refractivity contribution in [2.75, 3.05) is 44.7 Å². The van der Waals surface area contributed by atoms with Gasteiger partial charge in [-0.25, -0.2) is 4.98 Å². The van der Waals surface area contributed by atoms with E-state index < -0.39 is 47.7 Å². The summed E-state index contributed by atoms with van der Waals surface area (Å²) in [5.41, 5.74) is 5.79. The average Bonchev–Trinajstić information content (AvgIpc) is 3.76. The van der Waals surface area contributed by atoms with Crippen LogP contribution in [0.15, 0.2) is 29.6 Å². The summed E-state index contributed by atoms with van der Waals surface area (Å²) in [6.45, 7) is 15.9. The standard InChI is InChI=1S/C48H79N7O9S/c1-10-12-13-15-23-55(46(61)42(32(5)11-2)52-44(60)38-17-14-16-22-53(38)9)39(31(3)4)27-40(64-33(6)57)45-51-37(30-65-45)43(59)50-35(28-48(7,8)47(62)63)26-34-18-20-36(21-19-34)54(24-25-56)41(58)29-49/h18-21,30-32,35,38-40,42,46,56,61H,10-17,22-29,49H2,1-9H3,(H,50,59)(H,52,60)(H,62,63)/t32-,35-,38+,39+,40+,42-,46?/m0/s1. The van der Waals surface area contributed by atoms with Gasteiger partial charge in [0.15, 0.2) is 6.10 Å². The number of carboxylic acid groups (broad SMARTS) is 1. The summed E-state index contributed by atoms with van der Waals surface area (Å²) in [7, 11) is 1.97. The van der Waals surface area contributed by atoms with Crippen LogP contribution < -0.4 is 21.3 Å². The second-order valence-electron chi connectivity index (χ2n) is 18.7. The molecule has 16 nitrogen and oxygen atoms in total. The number of aliphatic hydroxyl groups is 2. The number of hydrogen-bond donors (Lipinski definition) is 6. The van der Waals surface area contributed by atoms with E-state index in [-0.39, 0.29) is 80.4 Å². The highest BCUT2D eigenvalue weighted by Gasteiger charge is 2.39. The number of carbonyl (C=O) groups is 5. The first-order chi connectivity index (χ1) is 30.8. The topological polar surface area (TPSA) is 228 Å². The lowest BCUT2D eigenvalue weighted by atomic mass is 9.84. The van der Waals surface area contributed by atoms with Gasteiger partial charge in [-0.15, -0.1) is 11.3 Å². The van der Waals surface area contributed by atoms with Gasteiger partial charge in [0, 0.05) is 49.6 Å². The first kappa shape index (κ1) is 55.3. The van der Waals surface area contributed by atoms with Crippen molar-refractivity contribution in [3.63, 3.8) is 0 Å². The van der Waals surface area contributed by atoms with Gasteiger partial charge in [0.05, 0.1) is 30.7 Å². The summed E-state index contributed by atoms with van der Waals surface area (Å²) in [4.78, 5) is 75.5. The summed E-state index contributed by atoms with van der Waals surface area (Å²) < 4.78 is 5.97. The lowest BCUT2D eigenvalue weighted by Crippen LogP contribution is -2.61. The number of aliphatic hydroxyl groups excluding tert-OH is 2. The quantitative estimate of drug-likeness (QED) is 0.0352. The molecule has 0 bridgehead atoms. The molecule has 1 aliphatic rings. The number of carbonyl (C=O) groups excluding carboxylic acids is 4. The molecule has 0 aliphatic carbocycles. The fraction of sp³-hybridized carbons (Fsp3) is 0.708. The van der Waals surface area contributed by atoms with Gasteiger partial charge in [-0.05, 0) is 89.1 Å². The van der Waals surface area contributed by atoms with E-state index in [0.717, 1.165) is 63.5 Å². The number of rotatable bonds is 28. The zero-order chi connectivity index (χ0) is 48.4. The first-order valence-electron chi connectivity index (χ1n) is 23.6. The second-order valence-corrected chi connectivity index (χ2v) is 19.6. The number of esters is 1. The number of likely N-dealkylation sites (tertiary alicyclic amines) is 1. The van der Waals surface area contributed by atoms with E-state index in [9.17, 15) is 39.3 Å². The van der Waals surface area contributed by atoms with Crippen LogP contribution >= 0.6 is 11.3 Å². The molecule has 1 saturated heterocycles. The van der Waals surface area contributed by atoms with Crippen molar-refractivity contribution >= 4 is 46.7 Å². The minimum atomic E-state index is -1.20. The summed E-state index contributed by atoms with van der Waals surface area (Å²) in [6.07, 6.45) is 6.11. The molecule has 2 heterocycles. The Hall–Kier alpha value is -4.00. The number of thiazole rings is 1.